The van der Waals surface area contributed by atoms with Gasteiger partial charge in [0.05, 0.1) is 12.1 Å². The Bertz CT molecular complexity index is 578. The monoisotopic (exact) mass is 335 g/mol. The first kappa shape index (κ1) is 16.4. The van der Waals surface area contributed by atoms with E-state index in [1.165, 1.54) is 24.2 Å². The molecule has 23 heavy (non-hydrogen) atoms. The summed E-state index contributed by atoms with van der Waals surface area (Å²) < 4.78 is 0. The zero-order valence-electron chi connectivity index (χ0n) is 14.0. The molecule has 2 aliphatic rings. The average Bonchev–Trinajstić information content (AvgIpc) is 3.16. The second kappa shape index (κ2) is 6.99. The van der Waals surface area contributed by atoms with Gasteiger partial charge in [0.15, 0.2) is 5.13 Å². The lowest BCUT2D eigenvalue weighted by Crippen LogP contribution is -2.40. The third-order valence-electron chi connectivity index (χ3n) is 5.10. The number of hydrogen-bond acceptors (Lipinski definition) is 4. The van der Waals surface area contributed by atoms with Crippen LogP contribution in [0.4, 0.5) is 5.13 Å². The minimum atomic E-state index is 0.133. The van der Waals surface area contributed by atoms with Crippen LogP contribution in [0.3, 0.4) is 0 Å². The minimum absolute atomic E-state index is 0.133. The molecule has 3 rings (SSSR count). The number of aromatic nitrogens is 1. The number of nitrogens with zero attached hydrogens (tertiary/aromatic N) is 3. The molecule has 1 aliphatic heterocycles. The highest BCUT2D eigenvalue weighted by Crippen LogP contribution is 2.28. The Kier molecular flexibility index (Phi) is 4.99. The lowest BCUT2D eigenvalue weighted by molar-refractivity contribution is -0.132. The van der Waals surface area contributed by atoms with Gasteiger partial charge < -0.3 is 4.90 Å². The average molecular weight is 335 g/mol. The van der Waals surface area contributed by atoms with E-state index in [1.807, 2.05) is 17.3 Å². The van der Waals surface area contributed by atoms with Gasteiger partial charge in [-0.05, 0) is 38.0 Å². The van der Waals surface area contributed by atoms with Gasteiger partial charge in [-0.25, -0.2) is 4.98 Å². The fourth-order valence-corrected chi connectivity index (χ4v) is 4.33. The summed E-state index contributed by atoms with van der Waals surface area (Å²) in [6, 6.07) is 0.372. The van der Waals surface area contributed by atoms with Gasteiger partial charge in [0.1, 0.15) is 0 Å². The van der Waals surface area contributed by atoms with Crippen LogP contribution in [0.15, 0.2) is 5.38 Å². The van der Waals surface area contributed by atoms with Crippen molar-refractivity contribution in [2.24, 2.45) is 5.92 Å². The summed E-state index contributed by atoms with van der Waals surface area (Å²) in [5.74, 6) is 1.06. The topological polar surface area (TPSA) is 53.5 Å². The number of anilines is 1. The minimum Gasteiger partial charge on any atom is -0.342 e. The number of carbonyl (C=O) groups is 2. The molecule has 1 saturated carbocycles. The largest absolute Gasteiger partial charge is 0.342 e. The van der Waals surface area contributed by atoms with E-state index in [4.69, 9.17) is 0 Å². The Labute approximate surface area is 141 Å². The highest BCUT2D eigenvalue weighted by atomic mass is 32.1. The summed E-state index contributed by atoms with van der Waals surface area (Å²) in [5, 5.41) is 2.65. The normalized spacial score (nSPS) is 25.0. The first-order valence-corrected chi connectivity index (χ1v) is 9.43. The molecule has 0 unspecified atom stereocenters. The molecule has 1 aromatic heterocycles. The third-order valence-corrected chi connectivity index (χ3v) is 6.02. The zero-order valence-corrected chi connectivity index (χ0v) is 14.8. The van der Waals surface area contributed by atoms with E-state index in [1.54, 1.807) is 4.90 Å². The number of carbonyl (C=O) groups excluding carboxylic acids is 2. The predicted octanol–water partition coefficient (Wildman–Crippen LogP) is 2.85. The van der Waals surface area contributed by atoms with Crippen LogP contribution in [0.1, 0.15) is 51.1 Å². The first-order valence-electron chi connectivity index (χ1n) is 8.55. The Morgan fingerprint density at radius 1 is 1.39 bits per heavy atom. The molecular formula is C17H25N3O2S. The van der Waals surface area contributed by atoms with Crippen molar-refractivity contribution in [1.82, 2.24) is 9.88 Å². The van der Waals surface area contributed by atoms with Crippen molar-refractivity contribution in [3.05, 3.63) is 11.1 Å². The highest BCUT2D eigenvalue weighted by Gasteiger charge is 2.27. The summed E-state index contributed by atoms with van der Waals surface area (Å²) in [6.45, 7) is 3.04. The third kappa shape index (κ3) is 3.74. The van der Waals surface area contributed by atoms with E-state index in [-0.39, 0.29) is 11.8 Å². The molecule has 0 aromatic carbocycles. The molecule has 0 spiro atoms. The summed E-state index contributed by atoms with van der Waals surface area (Å²) in [5.41, 5.74) is 0.783. The van der Waals surface area contributed by atoms with E-state index in [0.717, 1.165) is 42.6 Å². The molecule has 1 saturated heterocycles. The Morgan fingerprint density at radius 3 is 2.78 bits per heavy atom. The van der Waals surface area contributed by atoms with Gasteiger partial charge >= 0.3 is 0 Å². The fourth-order valence-electron chi connectivity index (χ4n) is 3.46. The van der Waals surface area contributed by atoms with Crippen molar-refractivity contribution >= 4 is 28.3 Å². The molecule has 2 amide bonds. The maximum Gasteiger partial charge on any atom is 0.228 e. The predicted molar refractivity (Wildman–Crippen MR) is 91.6 cm³/mol. The summed E-state index contributed by atoms with van der Waals surface area (Å²) in [6.07, 6.45) is 6.47. The van der Waals surface area contributed by atoms with Gasteiger partial charge in [0.25, 0.3) is 0 Å². The molecule has 0 bridgehead atoms. The Balaban J connectivity index is 1.57. The van der Waals surface area contributed by atoms with Crippen LogP contribution in [-0.4, -0.2) is 41.3 Å². The van der Waals surface area contributed by atoms with Gasteiger partial charge in [0.2, 0.25) is 11.8 Å². The van der Waals surface area contributed by atoms with Crippen molar-refractivity contribution < 1.29 is 9.59 Å². The maximum atomic E-state index is 12.5. The number of thiazole rings is 1. The van der Waals surface area contributed by atoms with Crippen LogP contribution >= 0.6 is 11.3 Å². The molecule has 5 nitrogen and oxygen atoms in total. The Morgan fingerprint density at radius 2 is 2.13 bits per heavy atom. The Hall–Kier alpha value is -1.43. The quantitative estimate of drug-likeness (QED) is 0.850. The maximum absolute atomic E-state index is 12.5. The van der Waals surface area contributed by atoms with Crippen LogP contribution in [0, 0.1) is 5.92 Å². The van der Waals surface area contributed by atoms with E-state index in [2.05, 4.69) is 11.9 Å². The van der Waals surface area contributed by atoms with Crippen LogP contribution in [-0.2, 0) is 16.0 Å². The lowest BCUT2D eigenvalue weighted by atomic mass is 9.86. The second-order valence-corrected chi connectivity index (χ2v) is 7.70. The van der Waals surface area contributed by atoms with E-state index < -0.39 is 0 Å². The van der Waals surface area contributed by atoms with Crippen molar-refractivity contribution in [3.8, 4) is 0 Å². The van der Waals surface area contributed by atoms with E-state index in [0.29, 0.717) is 18.9 Å². The zero-order chi connectivity index (χ0) is 16.4. The molecule has 0 radical (unpaired) electrons. The molecule has 2 heterocycles. The second-order valence-electron chi connectivity index (χ2n) is 6.87. The molecule has 1 aliphatic carbocycles. The molecule has 1 aromatic rings. The van der Waals surface area contributed by atoms with E-state index in [9.17, 15) is 9.59 Å². The van der Waals surface area contributed by atoms with Crippen molar-refractivity contribution in [2.75, 3.05) is 18.5 Å². The number of rotatable bonds is 4. The van der Waals surface area contributed by atoms with Crippen LogP contribution in [0.5, 0.6) is 0 Å². The van der Waals surface area contributed by atoms with Crippen molar-refractivity contribution in [3.63, 3.8) is 0 Å². The van der Waals surface area contributed by atoms with Gasteiger partial charge in [0, 0.05) is 31.4 Å². The standard InChI is InChI=1S/C17H25N3O2S/c1-12-5-7-14(8-6-12)19(2)16(22)10-13-11-23-17(18-13)20-9-3-4-15(20)21/h11-12,14H,3-10H2,1-2H3. The lowest BCUT2D eigenvalue weighted by Gasteiger charge is -2.33. The first-order chi connectivity index (χ1) is 11.0. The van der Waals surface area contributed by atoms with Gasteiger partial charge in [-0.2, -0.15) is 0 Å². The fraction of sp³-hybridized carbons (Fsp3) is 0.706. The van der Waals surface area contributed by atoms with Crippen LogP contribution in [0.25, 0.3) is 0 Å². The molecule has 0 atom stereocenters. The van der Waals surface area contributed by atoms with Crippen LogP contribution < -0.4 is 4.90 Å². The van der Waals surface area contributed by atoms with Crippen molar-refractivity contribution in [1.29, 1.82) is 0 Å². The SMILES string of the molecule is CC1CCC(N(C)C(=O)Cc2csc(N3CCCC3=O)n2)CC1. The van der Waals surface area contributed by atoms with Gasteiger partial charge in [-0.1, -0.05) is 6.92 Å². The smallest absolute Gasteiger partial charge is 0.228 e. The molecular weight excluding hydrogens is 310 g/mol. The molecule has 0 N–H and O–H groups in total. The summed E-state index contributed by atoms with van der Waals surface area (Å²) >= 11 is 1.46. The van der Waals surface area contributed by atoms with Gasteiger partial charge in [-0.15, -0.1) is 11.3 Å². The molecule has 126 valence electrons. The number of likely N-dealkylation sites (N-methyl/N-ethyl adjacent to an activating group) is 1. The van der Waals surface area contributed by atoms with Gasteiger partial charge in [-0.3, -0.25) is 14.5 Å². The number of amides is 2. The van der Waals surface area contributed by atoms with Crippen LogP contribution in [0.2, 0.25) is 0 Å². The summed E-state index contributed by atoms with van der Waals surface area (Å²) in [7, 11) is 1.92. The molecule has 6 heteroatoms. The van der Waals surface area contributed by atoms with Crippen molar-refractivity contribution in [2.45, 2.75) is 57.9 Å². The number of hydrogen-bond donors (Lipinski definition) is 0. The molecule has 2 fully saturated rings. The van der Waals surface area contributed by atoms with E-state index >= 15 is 0 Å². The summed E-state index contributed by atoms with van der Waals surface area (Å²) in [4.78, 5) is 32.4. The highest BCUT2D eigenvalue weighted by molar-refractivity contribution is 7.14.